The molecule has 0 spiro atoms. The van der Waals surface area contributed by atoms with Gasteiger partial charge in [0.25, 0.3) is 11.7 Å². The smallest absolute Gasteiger partial charge is 0.295 e. The zero-order chi connectivity index (χ0) is 21.7. The van der Waals surface area contributed by atoms with Crippen LogP contribution in [-0.2, 0) is 9.59 Å². The molecule has 1 fully saturated rings. The summed E-state index contributed by atoms with van der Waals surface area (Å²) in [6.07, 6.45) is 3.80. The lowest BCUT2D eigenvalue weighted by atomic mass is 9.95. The third-order valence-electron chi connectivity index (χ3n) is 5.45. The molecule has 0 bridgehead atoms. The van der Waals surface area contributed by atoms with Crippen molar-refractivity contribution in [3.05, 3.63) is 70.5 Å². The Balaban J connectivity index is 2.00. The van der Waals surface area contributed by atoms with Gasteiger partial charge >= 0.3 is 0 Å². The molecule has 0 aliphatic carbocycles. The fraction of sp³-hybridized carbons (Fsp3) is 0.348. The number of aliphatic hydroxyl groups is 1. The molecule has 2 heterocycles. The Bertz CT molecular complexity index is 924. The van der Waals surface area contributed by atoms with E-state index in [-0.39, 0.29) is 11.3 Å². The quantitative estimate of drug-likeness (QED) is 0.393. The van der Waals surface area contributed by atoms with Gasteiger partial charge in [-0.25, -0.2) is 0 Å². The number of Topliss-reactive ketones (excluding diaryl/α,β-unsaturated/α-hetero) is 1. The lowest BCUT2D eigenvalue weighted by molar-refractivity contribution is -0.140. The summed E-state index contributed by atoms with van der Waals surface area (Å²) in [5.41, 5.74) is 1.28. The maximum Gasteiger partial charge on any atom is 0.295 e. The zero-order valence-electron chi connectivity index (χ0n) is 17.2. The van der Waals surface area contributed by atoms with Crippen LogP contribution in [0.2, 0.25) is 5.02 Å². The molecule has 0 radical (unpaired) electrons. The van der Waals surface area contributed by atoms with E-state index in [1.54, 1.807) is 41.3 Å². The van der Waals surface area contributed by atoms with Gasteiger partial charge in [-0.3, -0.25) is 14.6 Å². The highest BCUT2D eigenvalue weighted by molar-refractivity contribution is 6.46. The maximum absolute atomic E-state index is 12.9. The molecule has 158 valence electrons. The molecular formula is C23H26ClN3O3. The number of hydrogen-bond acceptors (Lipinski definition) is 5. The van der Waals surface area contributed by atoms with Gasteiger partial charge in [-0.05, 0) is 55.9 Å². The van der Waals surface area contributed by atoms with Crippen molar-refractivity contribution in [1.82, 2.24) is 14.8 Å². The molecule has 0 saturated carbocycles. The van der Waals surface area contributed by atoms with Crippen LogP contribution in [-0.4, -0.2) is 57.8 Å². The van der Waals surface area contributed by atoms with Crippen molar-refractivity contribution in [1.29, 1.82) is 0 Å². The van der Waals surface area contributed by atoms with Crippen molar-refractivity contribution in [2.75, 3.05) is 26.2 Å². The first kappa shape index (κ1) is 22.0. The van der Waals surface area contributed by atoms with Crippen molar-refractivity contribution in [3.63, 3.8) is 0 Å². The summed E-state index contributed by atoms with van der Waals surface area (Å²) < 4.78 is 0. The van der Waals surface area contributed by atoms with Crippen molar-refractivity contribution >= 4 is 29.1 Å². The van der Waals surface area contributed by atoms with E-state index < -0.39 is 17.7 Å². The standard InChI is InChI=1S/C23H26ClN3O3/c1-3-26(4-2)14-5-15-27-20(16-6-8-18(24)9-7-16)19(22(29)23(27)30)21(28)17-10-12-25-13-11-17/h6-13,20,28H,3-5,14-15H2,1-2H3/b21-19+. The van der Waals surface area contributed by atoms with E-state index in [0.29, 0.717) is 17.1 Å². The van der Waals surface area contributed by atoms with Crippen LogP contribution in [0.25, 0.3) is 5.76 Å². The van der Waals surface area contributed by atoms with Gasteiger partial charge in [0.1, 0.15) is 5.76 Å². The minimum Gasteiger partial charge on any atom is -0.507 e. The number of amides is 1. The van der Waals surface area contributed by atoms with E-state index >= 15 is 0 Å². The second kappa shape index (κ2) is 9.87. The van der Waals surface area contributed by atoms with E-state index in [0.717, 1.165) is 31.6 Å². The lowest BCUT2D eigenvalue weighted by Gasteiger charge is -2.26. The summed E-state index contributed by atoms with van der Waals surface area (Å²) >= 11 is 6.04. The lowest BCUT2D eigenvalue weighted by Crippen LogP contribution is -2.33. The minimum atomic E-state index is -0.674. The van der Waals surface area contributed by atoms with E-state index in [1.807, 2.05) is 0 Å². The van der Waals surface area contributed by atoms with E-state index in [9.17, 15) is 14.7 Å². The van der Waals surface area contributed by atoms with E-state index in [2.05, 4.69) is 23.7 Å². The first-order valence-corrected chi connectivity index (χ1v) is 10.5. The summed E-state index contributed by atoms with van der Waals surface area (Å²) in [7, 11) is 0. The van der Waals surface area contributed by atoms with Crippen LogP contribution in [0.3, 0.4) is 0 Å². The number of aliphatic hydroxyl groups excluding tert-OH is 1. The molecule has 7 heteroatoms. The number of carbonyl (C=O) groups excluding carboxylic acids is 2. The number of nitrogens with zero attached hydrogens (tertiary/aromatic N) is 3. The molecular weight excluding hydrogens is 402 g/mol. The Morgan fingerprint density at radius 3 is 2.33 bits per heavy atom. The third-order valence-corrected chi connectivity index (χ3v) is 5.70. The predicted molar refractivity (Wildman–Crippen MR) is 117 cm³/mol. The summed E-state index contributed by atoms with van der Waals surface area (Å²) in [5.74, 6) is -1.46. The minimum absolute atomic E-state index is 0.0939. The zero-order valence-corrected chi connectivity index (χ0v) is 18.0. The summed E-state index contributed by atoms with van der Waals surface area (Å²) in [4.78, 5) is 33.6. The molecule has 2 aromatic rings. The number of likely N-dealkylation sites (tertiary alicyclic amines) is 1. The number of halogens is 1. The van der Waals surface area contributed by atoms with Gasteiger partial charge in [0.05, 0.1) is 11.6 Å². The second-order valence-corrected chi connectivity index (χ2v) is 7.60. The Morgan fingerprint density at radius 1 is 1.10 bits per heavy atom. The van der Waals surface area contributed by atoms with Crippen LogP contribution >= 0.6 is 11.6 Å². The topological polar surface area (TPSA) is 73.7 Å². The molecule has 1 N–H and O–H groups in total. The number of aromatic nitrogens is 1. The van der Waals surface area contributed by atoms with Gasteiger partial charge in [-0.2, -0.15) is 0 Å². The first-order chi connectivity index (χ1) is 14.5. The van der Waals surface area contributed by atoms with E-state index in [1.165, 1.54) is 12.4 Å². The van der Waals surface area contributed by atoms with Crippen LogP contribution in [0.5, 0.6) is 0 Å². The molecule has 3 rings (SSSR count). The van der Waals surface area contributed by atoms with Crippen molar-refractivity contribution in [3.8, 4) is 0 Å². The normalized spacial score (nSPS) is 18.4. The molecule has 6 nitrogen and oxygen atoms in total. The van der Waals surface area contributed by atoms with Crippen LogP contribution in [0.4, 0.5) is 0 Å². The van der Waals surface area contributed by atoms with Gasteiger partial charge in [0.2, 0.25) is 0 Å². The van der Waals surface area contributed by atoms with Crippen molar-refractivity contribution in [2.24, 2.45) is 0 Å². The van der Waals surface area contributed by atoms with Gasteiger partial charge in [-0.15, -0.1) is 0 Å². The fourth-order valence-corrected chi connectivity index (χ4v) is 3.90. The molecule has 30 heavy (non-hydrogen) atoms. The van der Waals surface area contributed by atoms with Crippen LogP contribution in [0.15, 0.2) is 54.4 Å². The molecule has 1 aromatic carbocycles. The number of ketones is 1. The number of rotatable bonds is 8. The Morgan fingerprint density at radius 2 is 1.73 bits per heavy atom. The van der Waals surface area contributed by atoms with Gasteiger partial charge in [0.15, 0.2) is 0 Å². The maximum atomic E-state index is 12.9. The van der Waals surface area contributed by atoms with Crippen molar-refractivity contribution < 1.29 is 14.7 Å². The summed E-state index contributed by atoms with van der Waals surface area (Å²) in [6.45, 7) is 7.29. The number of carbonyl (C=O) groups is 2. The molecule has 1 atom stereocenters. The van der Waals surface area contributed by atoms with E-state index in [4.69, 9.17) is 11.6 Å². The predicted octanol–water partition coefficient (Wildman–Crippen LogP) is 3.89. The Hall–Kier alpha value is -2.70. The van der Waals surface area contributed by atoms with Gasteiger partial charge in [0, 0.05) is 29.5 Å². The van der Waals surface area contributed by atoms with Crippen LogP contribution < -0.4 is 0 Å². The molecule has 1 saturated heterocycles. The SMILES string of the molecule is CCN(CC)CCCN1C(=O)C(=O)/C(=C(/O)c2ccncc2)C1c1ccc(Cl)cc1. The van der Waals surface area contributed by atoms with Crippen LogP contribution in [0, 0.1) is 0 Å². The number of benzene rings is 1. The molecule has 1 aliphatic heterocycles. The number of pyridine rings is 1. The third kappa shape index (κ3) is 4.55. The highest BCUT2D eigenvalue weighted by Crippen LogP contribution is 2.39. The average molecular weight is 428 g/mol. The molecule has 1 aliphatic rings. The van der Waals surface area contributed by atoms with Gasteiger partial charge < -0.3 is 14.9 Å². The average Bonchev–Trinajstić information content (AvgIpc) is 3.02. The van der Waals surface area contributed by atoms with Crippen molar-refractivity contribution in [2.45, 2.75) is 26.3 Å². The van der Waals surface area contributed by atoms with Gasteiger partial charge in [-0.1, -0.05) is 37.6 Å². The Labute approximate surface area is 181 Å². The highest BCUT2D eigenvalue weighted by Gasteiger charge is 2.45. The monoisotopic (exact) mass is 427 g/mol. The second-order valence-electron chi connectivity index (χ2n) is 7.16. The fourth-order valence-electron chi connectivity index (χ4n) is 3.77. The first-order valence-electron chi connectivity index (χ1n) is 10.1. The molecule has 1 amide bonds. The number of hydrogen-bond donors (Lipinski definition) is 1. The largest absolute Gasteiger partial charge is 0.507 e. The summed E-state index contributed by atoms with van der Waals surface area (Å²) in [6, 6.07) is 9.58. The molecule has 1 unspecified atom stereocenters. The van der Waals surface area contributed by atoms with Crippen LogP contribution in [0.1, 0.15) is 37.4 Å². The Kier molecular flexibility index (Phi) is 7.24. The summed E-state index contributed by atoms with van der Waals surface area (Å²) in [5, 5.41) is 11.5. The highest BCUT2D eigenvalue weighted by atomic mass is 35.5. The molecule has 1 aromatic heterocycles.